The zero-order valence-electron chi connectivity index (χ0n) is 17.0. The fourth-order valence-corrected chi connectivity index (χ4v) is 3.86. The third-order valence-electron chi connectivity index (χ3n) is 5.37. The Morgan fingerprint density at radius 3 is 2.29 bits per heavy atom. The van der Waals surface area contributed by atoms with Gasteiger partial charge in [-0.15, -0.1) is 0 Å². The van der Waals surface area contributed by atoms with Gasteiger partial charge in [-0.05, 0) is 48.9 Å². The van der Waals surface area contributed by atoms with Gasteiger partial charge in [0.15, 0.2) is 0 Å². The number of halogens is 1. The number of para-hydroxylation sites is 2. The Labute approximate surface area is 179 Å². The molecule has 4 rings (SSSR count). The number of carbonyl (C=O) groups excluding carboxylic acids is 2. The first-order valence-corrected chi connectivity index (χ1v) is 9.69. The Balaban J connectivity index is 2.00. The summed E-state index contributed by atoms with van der Waals surface area (Å²) in [5, 5.41) is 11.0. The van der Waals surface area contributed by atoms with Crippen molar-refractivity contribution in [2.75, 3.05) is 12.0 Å². The molecule has 1 unspecified atom stereocenters. The van der Waals surface area contributed by atoms with Crippen molar-refractivity contribution in [2.24, 2.45) is 0 Å². The molecule has 5 nitrogen and oxygen atoms in total. The van der Waals surface area contributed by atoms with Gasteiger partial charge in [-0.3, -0.25) is 14.5 Å². The van der Waals surface area contributed by atoms with Crippen molar-refractivity contribution in [3.05, 3.63) is 101 Å². The lowest BCUT2D eigenvalue weighted by Crippen LogP contribution is -2.30. The van der Waals surface area contributed by atoms with Gasteiger partial charge < -0.3 is 9.84 Å². The molecule has 0 spiro atoms. The van der Waals surface area contributed by atoms with Gasteiger partial charge >= 0.3 is 0 Å². The SMILES string of the molecule is COc1ccccc1C1/C(=C(\O)c2ccc(F)cc2)C(=O)C(=O)N1c1ccccc1C. The van der Waals surface area contributed by atoms with Crippen LogP contribution in [0, 0.1) is 12.7 Å². The van der Waals surface area contributed by atoms with Crippen molar-refractivity contribution in [2.45, 2.75) is 13.0 Å². The van der Waals surface area contributed by atoms with Crippen molar-refractivity contribution in [1.29, 1.82) is 0 Å². The molecule has 1 N–H and O–H groups in total. The first-order chi connectivity index (χ1) is 14.9. The predicted octanol–water partition coefficient (Wildman–Crippen LogP) is 4.77. The molecule has 3 aromatic rings. The monoisotopic (exact) mass is 417 g/mol. The fraction of sp³-hybridized carbons (Fsp3) is 0.120. The smallest absolute Gasteiger partial charge is 0.300 e. The van der Waals surface area contributed by atoms with E-state index in [2.05, 4.69) is 0 Å². The molecule has 0 bridgehead atoms. The Morgan fingerprint density at radius 2 is 1.61 bits per heavy atom. The van der Waals surface area contributed by atoms with Crippen LogP contribution in [0.5, 0.6) is 5.75 Å². The van der Waals surface area contributed by atoms with Gasteiger partial charge in [0.05, 0.1) is 18.7 Å². The molecule has 1 amide bonds. The number of hydrogen-bond donors (Lipinski definition) is 1. The van der Waals surface area contributed by atoms with E-state index in [1.54, 1.807) is 36.4 Å². The number of ketones is 1. The molecule has 0 saturated carbocycles. The van der Waals surface area contributed by atoms with E-state index < -0.39 is 23.5 Å². The average molecular weight is 417 g/mol. The third kappa shape index (κ3) is 3.46. The van der Waals surface area contributed by atoms with Crippen LogP contribution in [0.2, 0.25) is 0 Å². The van der Waals surface area contributed by atoms with Crippen LogP contribution in [-0.2, 0) is 9.59 Å². The molecular formula is C25H20FNO4. The van der Waals surface area contributed by atoms with E-state index in [1.807, 2.05) is 19.1 Å². The number of aryl methyl sites for hydroxylation is 1. The molecule has 0 aliphatic carbocycles. The van der Waals surface area contributed by atoms with Crippen LogP contribution in [-0.4, -0.2) is 23.9 Å². The molecule has 31 heavy (non-hydrogen) atoms. The van der Waals surface area contributed by atoms with E-state index in [9.17, 15) is 19.1 Å². The summed E-state index contributed by atoms with van der Waals surface area (Å²) < 4.78 is 18.9. The van der Waals surface area contributed by atoms with Gasteiger partial charge in [0.25, 0.3) is 11.7 Å². The third-order valence-corrected chi connectivity index (χ3v) is 5.37. The number of rotatable bonds is 4. The van der Waals surface area contributed by atoms with Gasteiger partial charge in [0.2, 0.25) is 0 Å². The number of aliphatic hydroxyl groups excluding tert-OH is 1. The molecule has 6 heteroatoms. The summed E-state index contributed by atoms with van der Waals surface area (Å²) in [6.07, 6.45) is 0. The van der Waals surface area contributed by atoms with Gasteiger partial charge in [-0.25, -0.2) is 4.39 Å². The molecule has 1 saturated heterocycles. The topological polar surface area (TPSA) is 66.8 Å². The van der Waals surface area contributed by atoms with Crippen LogP contribution in [0.1, 0.15) is 22.7 Å². The largest absolute Gasteiger partial charge is 0.507 e. The second-order valence-corrected chi connectivity index (χ2v) is 7.20. The Morgan fingerprint density at radius 1 is 0.968 bits per heavy atom. The highest BCUT2D eigenvalue weighted by Crippen LogP contribution is 2.45. The number of nitrogens with zero attached hydrogens (tertiary/aromatic N) is 1. The molecule has 1 aliphatic rings. The van der Waals surface area contributed by atoms with Crippen molar-refractivity contribution in [3.8, 4) is 5.75 Å². The van der Waals surface area contributed by atoms with E-state index in [1.165, 1.54) is 36.3 Å². The minimum Gasteiger partial charge on any atom is -0.507 e. The number of Topliss-reactive ketones (excluding diaryl/α,β-unsaturated/α-hetero) is 1. The molecule has 1 fully saturated rings. The van der Waals surface area contributed by atoms with E-state index in [0.29, 0.717) is 17.0 Å². The number of benzene rings is 3. The molecule has 0 radical (unpaired) electrons. The normalized spacial score (nSPS) is 17.8. The highest BCUT2D eigenvalue weighted by Gasteiger charge is 2.48. The fourth-order valence-electron chi connectivity index (χ4n) is 3.86. The van der Waals surface area contributed by atoms with E-state index in [-0.39, 0.29) is 16.9 Å². The van der Waals surface area contributed by atoms with Gasteiger partial charge in [-0.2, -0.15) is 0 Å². The van der Waals surface area contributed by atoms with Crippen molar-refractivity contribution in [1.82, 2.24) is 0 Å². The average Bonchev–Trinajstić information content (AvgIpc) is 3.04. The van der Waals surface area contributed by atoms with Gasteiger partial charge in [0.1, 0.15) is 17.3 Å². The predicted molar refractivity (Wildman–Crippen MR) is 115 cm³/mol. The molecule has 1 aliphatic heterocycles. The Hall–Kier alpha value is -3.93. The number of aliphatic hydroxyl groups is 1. The quantitative estimate of drug-likeness (QED) is 0.377. The summed E-state index contributed by atoms with van der Waals surface area (Å²) in [5.74, 6) is -1.95. The van der Waals surface area contributed by atoms with Crippen LogP contribution in [0.4, 0.5) is 10.1 Å². The van der Waals surface area contributed by atoms with Crippen molar-refractivity contribution >= 4 is 23.1 Å². The maximum absolute atomic E-state index is 13.4. The summed E-state index contributed by atoms with van der Waals surface area (Å²) in [6, 6.07) is 18.4. The molecule has 1 atom stereocenters. The minimum absolute atomic E-state index is 0.0793. The Bertz CT molecular complexity index is 1200. The van der Waals surface area contributed by atoms with Crippen LogP contribution in [0.25, 0.3) is 5.76 Å². The first-order valence-electron chi connectivity index (χ1n) is 9.69. The van der Waals surface area contributed by atoms with Crippen LogP contribution in [0.3, 0.4) is 0 Å². The van der Waals surface area contributed by atoms with Crippen LogP contribution in [0.15, 0.2) is 78.4 Å². The number of amides is 1. The van der Waals surface area contributed by atoms with Crippen molar-refractivity contribution in [3.63, 3.8) is 0 Å². The van der Waals surface area contributed by atoms with Gasteiger partial charge in [0, 0.05) is 16.8 Å². The van der Waals surface area contributed by atoms with E-state index in [4.69, 9.17) is 4.74 Å². The second kappa shape index (κ2) is 8.07. The van der Waals surface area contributed by atoms with Crippen LogP contribution < -0.4 is 9.64 Å². The highest BCUT2D eigenvalue weighted by molar-refractivity contribution is 6.51. The highest BCUT2D eigenvalue weighted by atomic mass is 19.1. The summed E-state index contributed by atoms with van der Waals surface area (Å²) in [7, 11) is 1.50. The summed E-state index contributed by atoms with van der Waals surface area (Å²) in [5.41, 5.74) is 2.06. The number of anilines is 1. The lowest BCUT2D eigenvalue weighted by Gasteiger charge is -2.27. The number of methoxy groups -OCH3 is 1. The lowest BCUT2D eigenvalue weighted by molar-refractivity contribution is -0.132. The molecule has 1 heterocycles. The summed E-state index contributed by atoms with van der Waals surface area (Å²) >= 11 is 0. The number of ether oxygens (including phenoxy) is 1. The number of carbonyl (C=O) groups is 2. The maximum Gasteiger partial charge on any atom is 0.300 e. The number of hydrogen-bond acceptors (Lipinski definition) is 4. The zero-order chi connectivity index (χ0) is 22.1. The van der Waals surface area contributed by atoms with Crippen LogP contribution >= 0.6 is 0 Å². The molecular weight excluding hydrogens is 397 g/mol. The lowest BCUT2D eigenvalue weighted by atomic mass is 9.94. The standard InChI is InChI=1S/C25H20FNO4/c1-15-7-3-5-9-19(15)27-22(18-8-4-6-10-20(18)31-2)21(24(29)25(27)30)23(28)16-11-13-17(26)14-12-16/h3-14,22,28H,1-2H3/b23-21+. The molecule has 3 aromatic carbocycles. The summed E-state index contributed by atoms with van der Waals surface area (Å²) in [4.78, 5) is 27.7. The van der Waals surface area contributed by atoms with E-state index in [0.717, 1.165) is 5.56 Å². The molecule has 0 aromatic heterocycles. The minimum atomic E-state index is -0.915. The second-order valence-electron chi connectivity index (χ2n) is 7.20. The summed E-state index contributed by atoms with van der Waals surface area (Å²) in [6.45, 7) is 1.84. The van der Waals surface area contributed by atoms with E-state index >= 15 is 0 Å². The Kier molecular flexibility index (Phi) is 5.29. The molecule has 156 valence electrons. The first kappa shape index (κ1) is 20.3. The maximum atomic E-state index is 13.4. The zero-order valence-corrected chi connectivity index (χ0v) is 17.0. The van der Waals surface area contributed by atoms with Gasteiger partial charge in [-0.1, -0.05) is 36.4 Å². The van der Waals surface area contributed by atoms with Crippen molar-refractivity contribution < 1.29 is 23.8 Å².